The molecule has 3 rings (SSSR count). The molecule has 138 valence electrons. The van der Waals surface area contributed by atoms with Crippen LogP contribution in [0.5, 0.6) is 0 Å². The third-order valence-corrected chi connectivity index (χ3v) is 5.96. The van der Waals surface area contributed by atoms with Gasteiger partial charge >= 0.3 is 0 Å². The van der Waals surface area contributed by atoms with Crippen molar-refractivity contribution in [2.24, 2.45) is 0 Å². The van der Waals surface area contributed by atoms with Gasteiger partial charge in [0, 0.05) is 12.1 Å². The molecule has 0 saturated carbocycles. The summed E-state index contributed by atoms with van der Waals surface area (Å²) in [5.41, 5.74) is 2.16. The Hall–Kier alpha value is -2.22. The minimum atomic E-state index is -3.60. The van der Waals surface area contributed by atoms with Gasteiger partial charge < -0.3 is 9.64 Å². The molecule has 1 aliphatic heterocycles. The summed E-state index contributed by atoms with van der Waals surface area (Å²) in [6.45, 7) is 3.16. The van der Waals surface area contributed by atoms with Crippen molar-refractivity contribution < 1.29 is 17.9 Å². The quantitative estimate of drug-likeness (QED) is 0.889. The highest BCUT2D eigenvalue weighted by Gasteiger charge is 2.27. The summed E-state index contributed by atoms with van der Waals surface area (Å²) in [4.78, 5) is 14.8. The van der Waals surface area contributed by atoms with E-state index >= 15 is 0 Å². The molecule has 1 saturated heterocycles. The number of ether oxygens (including phenoxy) is 1. The van der Waals surface area contributed by atoms with Crippen molar-refractivity contribution in [1.29, 1.82) is 0 Å². The zero-order valence-corrected chi connectivity index (χ0v) is 15.6. The average molecular weight is 374 g/mol. The van der Waals surface area contributed by atoms with E-state index in [0.717, 1.165) is 11.1 Å². The minimum Gasteiger partial charge on any atom is -0.370 e. The first-order valence-corrected chi connectivity index (χ1v) is 9.90. The van der Waals surface area contributed by atoms with Gasteiger partial charge in [0.1, 0.15) is 6.10 Å². The number of nitrogens with zero attached hydrogens (tertiary/aromatic N) is 1. The Labute approximate surface area is 153 Å². The van der Waals surface area contributed by atoms with E-state index in [-0.39, 0.29) is 16.9 Å². The molecular formula is C19H22N2O4S. The highest BCUT2D eigenvalue weighted by atomic mass is 32.2. The zero-order valence-electron chi connectivity index (χ0n) is 14.8. The van der Waals surface area contributed by atoms with Gasteiger partial charge in [-0.05, 0) is 37.2 Å². The number of hydrogen-bond donors (Lipinski definition) is 1. The van der Waals surface area contributed by atoms with Crippen LogP contribution < -0.4 is 4.72 Å². The second kappa shape index (κ2) is 7.57. The Kier molecular flexibility index (Phi) is 5.41. The Balaban J connectivity index is 1.86. The average Bonchev–Trinajstić information content (AvgIpc) is 2.68. The summed E-state index contributed by atoms with van der Waals surface area (Å²) in [5.74, 6) is -0.181. The number of carbonyl (C=O) groups excluding carboxylic acids is 1. The van der Waals surface area contributed by atoms with Crippen molar-refractivity contribution in [2.45, 2.75) is 17.9 Å². The van der Waals surface area contributed by atoms with Gasteiger partial charge in [-0.15, -0.1) is 0 Å². The van der Waals surface area contributed by atoms with Crippen LogP contribution in [0, 0.1) is 6.92 Å². The number of benzene rings is 2. The molecule has 7 heteroatoms. The molecule has 0 radical (unpaired) electrons. The van der Waals surface area contributed by atoms with Gasteiger partial charge in [0.15, 0.2) is 0 Å². The highest BCUT2D eigenvalue weighted by molar-refractivity contribution is 7.89. The van der Waals surface area contributed by atoms with Crippen LogP contribution in [0.2, 0.25) is 0 Å². The van der Waals surface area contributed by atoms with Crippen LogP contribution in [0.15, 0.2) is 53.4 Å². The van der Waals surface area contributed by atoms with Crippen LogP contribution in [-0.4, -0.2) is 46.0 Å². The van der Waals surface area contributed by atoms with E-state index < -0.39 is 10.0 Å². The fourth-order valence-electron chi connectivity index (χ4n) is 2.99. The molecule has 0 aromatic heterocycles. The van der Waals surface area contributed by atoms with Crippen molar-refractivity contribution in [3.8, 4) is 0 Å². The molecular weight excluding hydrogens is 352 g/mol. The smallest absolute Gasteiger partial charge is 0.254 e. The monoisotopic (exact) mass is 374 g/mol. The van der Waals surface area contributed by atoms with E-state index in [9.17, 15) is 13.2 Å². The van der Waals surface area contributed by atoms with Gasteiger partial charge in [-0.3, -0.25) is 4.79 Å². The lowest BCUT2D eigenvalue weighted by atomic mass is 10.0. The van der Waals surface area contributed by atoms with E-state index in [1.165, 1.54) is 19.2 Å². The largest absolute Gasteiger partial charge is 0.370 e. The molecule has 1 N–H and O–H groups in total. The molecule has 1 atom stereocenters. The number of rotatable bonds is 4. The van der Waals surface area contributed by atoms with E-state index in [2.05, 4.69) is 4.72 Å². The van der Waals surface area contributed by atoms with Crippen molar-refractivity contribution in [2.75, 3.05) is 26.7 Å². The maximum Gasteiger partial charge on any atom is 0.254 e. The number of hydrogen-bond acceptors (Lipinski definition) is 4. The summed E-state index contributed by atoms with van der Waals surface area (Å²) >= 11 is 0. The number of morpholine rings is 1. The van der Waals surface area contributed by atoms with Crippen LogP contribution in [0.1, 0.15) is 27.6 Å². The normalized spacial score (nSPS) is 17.9. The molecule has 1 amide bonds. The molecule has 2 aromatic carbocycles. The maximum atomic E-state index is 13.0. The molecule has 1 unspecified atom stereocenters. The molecule has 1 fully saturated rings. The summed E-state index contributed by atoms with van der Waals surface area (Å²) < 4.78 is 32.2. The maximum absolute atomic E-state index is 13.0. The summed E-state index contributed by atoms with van der Waals surface area (Å²) in [5, 5.41) is 0. The van der Waals surface area contributed by atoms with Crippen molar-refractivity contribution in [3.63, 3.8) is 0 Å². The van der Waals surface area contributed by atoms with Crippen molar-refractivity contribution in [1.82, 2.24) is 9.62 Å². The van der Waals surface area contributed by atoms with Gasteiger partial charge in [-0.1, -0.05) is 36.4 Å². The van der Waals surface area contributed by atoms with E-state index in [1.807, 2.05) is 30.3 Å². The van der Waals surface area contributed by atoms with Crippen LogP contribution in [0.4, 0.5) is 0 Å². The lowest BCUT2D eigenvalue weighted by molar-refractivity contribution is -0.0228. The fourth-order valence-corrected chi connectivity index (χ4v) is 3.75. The molecule has 0 aliphatic carbocycles. The van der Waals surface area contributed by atoms with E-state index in [0.29, 0.717) is 25.3 Å². The molecule has 26 heavy (non-hydrogen) atoms. The molecule has 1 aliphatic rings. The van der Waals surface area contributed by atoms with E-state index in [1.54, 1.807) is 17.9 Å². The number of aryl methyl sites for hydroxylation is 1. The van der Waals surface area contributed by atoms with Gasteiger partial charge in [-0.2, -0.15) is 0 Å². The molecule has 2 aromatic rings. The number of carbonyl (C=O) groups is 1. The minimum absolute atomic E-state index is 0.0850. The van der Waals surface area contributed by atoms with Gasteiger partial charge in [0.2, 0.25) is 10.0 Å². The van der Waals surface area contributed by atoms with E-state index in [4.69, 9.17) is 4.74 Å². The number of sulfonamides is 1. The van der Waals surface area contributed by atoms with Gasteiger partial charge in [0.05, 0.1) is 18.0 Å². The third-order valence-electron chi connectivity index (χ3n) is 4.54. The summed E-state index contributed by atoms with van der Waals surface area (Å²) in [7, 11) is -2.25. The van der Waals surface area contributed by atoms with Gasteiger partial charge in [-0.25, -0.2) is 13.1 Å². The molecule has 0 spiro atoms. The van der Waals surface area contributed by atoms with Crippen molar-refractivity contribution >= 4 is 15.9 Å². The second-order valence-corrected chi connectivity index (χ2v) is 8.09. The third kappa shape index (κ3) is 3.80. The van der Waals surface area contributed by atoms with Gasteiger partial charge in [0.25, 0.3) is 5.91 Å². The molecule has 6 nitrogen and oxygen atoms in total. The second-order valence-electron chi connectivity index (χ2n) is 6.21. The summed E-state index contributed by atoms with van der Waals surface area (Å²) in [6.07, 6.45) is -0.182. The number of amides is 1. The summed E-state index contributed by atoms with van der Waals surface area (Å²) in [6, 6.07) is 14.4. The lowest BCUT2D eigenvalue weighted by Gasteiger charge is -2.33. The Morgan fingerprint density at radius 3 is 2.62 bits per heavy atom. The first kappa shape index (κ1) is 18.6. The Bertz CT molecular complexity index is 897. The fraction of sp³-hybridized carbons (Fsp3) is 0.316. The zero-order chi connectivity index (χ0) is 18.7. The van der Waals surface area contributed by atoms with Crippen LogP contribution in [-0.2, 0) is 14.8 Å². The number of nitrogens with one attached hydrogen (secondary N) is 1. The van der Waals surface area contributed by atoms with Crippen LogP contribution in [0.3, 0.4) is 0 Å². The van der Waals surface area contributed by atoms with Crippen LogP contribution >= 0.6 is 0 Å². The standard InChI is InChI=1S/C19H22N2O4S/c1-14-8-9-16(26(23,24)20-2)12-17(14)19(22)21-10-11-25-18(13-21)15-6-4-3-5-7-15/h3-9,12,18,20H,10-11,13H2,1-2H3. The predicted octanol–water partition coefficient (Wildman–Crippen LogP) is 2.12. The lowest BCUT2D eigenvalue weighted by Crippen LogP contribution is -2.42. The van der Waals surface area contributed by atoms with Crippen LogP contribution in [0.25, 0.3) is 0 Å². The molecule has 0 bridgehead atoms. The predicted molar refractivity (Wildman–Crippen MR) is 98.5 cm³/mol. The first-order valence-electron chi connectivity index (χ1n) is 8.42. The van der Waals surface area contributed by atoms with Crippen molar-refractivity contribution in [3.05, 3.63) is 65.2 Å². The highest BCUT2D eigenvalue weighted by Crippen LogP contribution is 2.24. The SMILES string of the molecule is CNS(=O)(=O)c1ccc(C)c(C(=O)N2CCOC(c3ccccc3)C2)c1. The molecule has 1 heterocycles. The first-order chi connectivity index (χ1) is 12.4. The topological polar surface area (TPSA) is 75.7 Å². The Morgan fingerprint density at radius 1 is 1.19 bits per heavy atom. The Morgan fingerprint density at radius 2 is 1.92 bits per heavy atom.